The lowest BCUT2D eigenvalue weighted by molar-refractivity contribution is 0.793. The normalized spacial score (nSPS) is 10.9. The van der Waals surface area contributed by atoms with Gasteiger partial charge in [-0.3, -0.25) is 0 Å². The van der Waals surface area contributed by atoms with Crippen LogP contribution in [0.15, 0.2) is 65.1 Å². The number of hydrogen-bond donors (Lipinski definition) is 1. The van der Waals surface area contributed by atoms with Gasteiger partial charge in [-0.2, -0.15) is 0 Å². The van der Waals surface area contributed by atoms with Gasteiger partial charge in [0, 0.05) is 29.4 Å². The van der Waals surface area contributed by atoms with Gasteiger partial charge in [-0.15, -0.1) is 21.5 Å². The second-order valence-corrected chi connectivity index (χ2v) is 7.90. The molecule has 136 valence electrons. The monoisotopic (exact) mass is 393 g/mol. The number of rotatable bonds is 6. The highest BCUT2D eigenvalue weighted by Crippen LogP contribution is 2.28. The van der Waals surface area contributed by atoms with E-state index in [-0.39, 0.29) is 0 Å². The van der Waals surface area contributed by atoms with Gasteiger partial charge < -0.3 is 9.88 Å². The third-order valence-electron chi connectivity index (χ3n) is 4.15. The standard InChI is InChI=1S/C20H19N5S2/c1-14-8-6-7-11-17(14)18-23-24-20(25(18)2)27-13-16-12-26-19(22-16)21-15-9-4-3-5-10-15/h3-12H,13H2,1-2H3,(H,21,22). The van der Waals surface area contributed by atoms with Crippen molar-refractivity contribution in [3.8, 4) is 11.4 Å². The van der Waals surface area contributed by atoms with Gasteiger partial charge in [-0.1, -0.05) is 54.2 Å². The Morgan fingerprint density at radius 1 is 1.04 bits per heavy atom. The molecule has 1 N–H and O–H groups in total. The average molecular weight is 394 g/mol. The van der Waals surface area contributed by atoms with E-state index in [1.807, 2.05) is 54.1 Å². The van der Waals surface area contributed by atoms with Crippen LogP contribution in [0, 0.1) is 6.92 Å². The number of aryl methyl sites for hydroxylation is 1. The van der Waals surface area contributed by atoms with Crippen molar-refractivity contribution in [1.29, 1.82) is 0 Å². The number of para-hydroxylation sites is 1. The van der Waals surface area contributed by atoms with Crippen LogP contribution in [0.3, 0.4) is 0 Å². The molecule has 0 unspecified atom stereocenters. The van der Waals surface area contributed by atoms with E-state index in [4.69, 9.17) is 0 Å². The second-order valence-electron chi connectivity index (χ2n) is 6.10. The first-order chi connectivity index (χ1) is 13.2. The summed E-state index contributed by atoms with van der Waals surface area (Å²) in [5.41, 5.74) is 4.38. The molecule has 0 amide bonds. The van der Waals surface area contributed by atoms with Crippen LogP contribution in [0.2, 0.25) is 0 Å². The van der Waals surface area contributed by atoms with Gasteiger partial charge in [0.25, 0.3) is 0 Å². The Bertz CT molecular complexity index is 1040. The van der Waals surface area contributed by atoms with Gasteiger partial charge in [0.1, 0.15) is 0 Å². The molecule has 0 spiro atoms. The highest BCUT2D eigenvalue weighted by atomic mass is 32.2. The van der Waals surface area contributed by atoms with Crippen LogP contribution in [-0.2, 0) is 12.8 Å². The number of nitrogens with one attached hydrogen (secondary N) is 1. The number of aromatic nitrogens is 4. The topological polar surface area (TPSA) is 55.6 Å². The lowest BCUT2D eigenvalue weighted by Gasteiger charge is -2.05. The molecule has 0 aliphatic rings. The van der Waals surface area contributed by atoms with Crippen molar-refractivity contribution in [2.75, 3.05) is 5.32 Å². The van der Waals surface area contributed by atoms with Crippen LogP contribution < -0.4 is 5.32 Å². The summed E-state index contributed by atoms with van der Waals surface area (Å²) in [7, 11) is 2.01. The smallest absolute Gasteiger partial charge is 0.191 e. The van der Waals surface area contributed by atoms with Crippen LogP contribution in [-0.4, -0.2) is 19.7 Å². The maximum absolute atomic E-state index is 4.66. The maximum atomic E-state index is 4.66. The van der Waals surface area contributed by atoms with Gasteiger partial charge >= 0.3 is 0 Å². The van der Waals surface area contributed by atoms with Crippen molar-refractivity contribution in [1.82, 2.24) is 19.7 Å². The summed E-state index contributed by atoms with van der Waals surface area (Å²) in [6.07, 6.45) is 0. The van der Waals surface area contributed by atoms with Crippen molar-refractivity contribution in [3.63, 3.8) is 0 Å². The lowest BCUT2D eigenvalue weighted by atomic mass is 10.1. The zero-order valence-electron chi connectivity index (χ0n) is 15.1. The molecule has 0 radical (unpaired) electrons. The van der Waals surface area contributed by atoms with E-state index < -0.39 is 0 Å². The summed E-state index contributed by atoms with van der Waals surface area (Å²) in [6.45, 7) is 2.09. The third kappa shape index (κ3) is 4.04. The third-order valence-corrected chi connectivity index (χ3v) is 6.01. The minimum atomic E-state index is 0.757. The molecule has 0 saturated heterocycles. The lowest BCUT2D eigenvalue weighted by Crippen LogP contribution is -1.96. The largest absolute Gasteiger partial charge is 0.332 e. The van der Waals surface area contributed by atoms with E-state index in [2.05, 4.69) is 44.9 Å². The highest BCUT2D eigenvalue weighted by molar-refractivity contribution is 7.98. The van der Waals surface area contributed by atoms with Gasteiger partial charge in [0.05, 0.1) is 5.69 Å². The maximum Gasteiger partial charge on any atom is 0.191 e. The molecule has 0 aliphatic heterocycles. The molecule has 4 rings (SSSR count). The Labute approximate surface area is 166 Å². The van der Waals surface area contributed by atoms with E-state index in [1.54, 1.807) is 23.1 Å². The highest BCUT2D eigenvalue weighted by Gasteiger charge is 2.13. The van der Waals surface area contributed by atoms with E-state index in [0.717, 1.165) is 38.8 Å². The fraction of sp³-hybridized carbons (Fsp3) is 0.150. The van der Waals surface area contributed by atoms with E-state index >= 15 is 0 Å². The van der Waals surface area contributed by atoms with E-state index in [1.165, 1.54) is 5.56 Å². The molecular formula is C20H19N5S2. The minimum Gasteiger partial charge on any atom is -0.332 e. The Hall–Kier alpha value is -2.64. The number of thiazole rings is 1. The van der Waals surface area contributed by atoms with Crippen LogP contribution in [0.4, 0.5) is 10.8 Å². The van der Waals surface area contributed by atoms with Crippen molar-refractivity contribution >= 4 is 33.9 Å². The SMILES string of the molecule is Cc1ccccc1-c1nnc(SCc2csc(Nc3ccccc3)n2)n1C. The molecule has 2 aromatic heterocycles. The number of anilines is 2. The number of thioether (sulfide) groups is 1. The summed E-state index contributed by atoms with van der Waals surface area (Å²) < 4.78 is 2.04. The van der Waals surface area contributed by atoms with Crippen LogP contribution in [0.1, 0.15) is 11.3 Å². The summed E-state index contributed by atoms with van der Waals surface area (Å²) in [6, 6.07) is 18.3. The minimum absolute atomic E-state index is 0.757. The molecule has 2 aromatic carbocycles. The average Bonchev–Trinajstić information content (AvgIpc) is 3.28. The molecule has 0 aliphatic carbocycles. The predicted octanol–water partition coefficient (Wildman–Crippen LogP) is 5.28. The first-order valence-electron chi connectivity index (χ1n) is 8.55. The summed E-state index contributed by atoms with van der Waals surface area (Å²) in [5.74, 6) is 1.65. The van der Waals surface area contributed by atoms with E-state index in [0.29, 0.717) is 0 Å². The van der Waals surface area contributed by atoms with Crippen LogP contribution in [0.5, 0.6) is 0 Å². The Morgan fingerprint density at radius 2 is 1.81 bits per heavy atom. The van der Waals surface area contributed by atoms with Crippen LogP contribution in [0.25, 0.3) is 11.4 Å². The predicted molar refractivity (Wildman–Crippen MR) is 113 cm³/mol. The Kier molecular flexibility index (Phi) is 5.22. The number of hydrogen-bond acceptors (Lipinski definition) is 6. The molecule has 27 heavy (non-hydrogen) atoms. The number of nitrogens with zero attached hydrogens (tertiary/aromatic N) is 4. The molecule has 4 aromatic rings. The van der Waals surface area contributed by atoms with Gasteiger partial charge in [-0.05, 0) is 24.6 Å². The number of benzene rings is 2. The summed E-state index contributed by atoms with van der Waals surface area (Å²) in [4.78, 5) is 4.66. The molecule has 0 bridgehead atoms. The van der Waals surface area contributed by atoms with Gasteiger partial charge in [0.2, 0.25) is 0 Å². The van der Waals surface area contributed by atoms with Crippen LogP contribution >= 0.6 is 23.1 Å². The Balaban J connectivity index is 1.43. The fourth-order valence-electron chi connectivity index (χ4n) is 2.71. The summed E-state index contributed by atoms with van der Waals surface area (Å²) >= 11 is 3.26. The van der Waals surface area contributed by atoms with Gasteiger partial charge in [0.15, 0.2) is 16.1 Å². The molecule has 5 nitrogen and oxygen atoms in total. The molecule has 7 heteroatoms. The summed E-state index contributed by atoms with van der Waals surface area (Å²) in [5, 5.41) is 15.9. The van der Waals surface area contributed by atoms with Crippen molar-refractivity contribution < 1.29 is 0 Å². The van der Waals surface area contributed by atoms with Crippen molar-refractivity contribution in [2.24, 2.45) is 7.05 Å². The van der Waals surface area contributed by atoms with Crippen molar-refractivity contribution in [3.05, 3.63) is 71.2 Å². The first-order valence-corrected chi connectivity index (χ1v) is 10.4. The molecule has 0 fully saturated rings. The Morgan fingerprint density at radius 3 is 2.63 bits per heavy atom. The fourth-order valence-corrected chi connectivity index (χ4v) is 4.35. The molecule has 0 saturated carbocycles. The zero-order chi connectivity index (χ0) is 18.6. The van der Waals surface area contributed by atoms with Crippen molar-refractivity contribution in [2.45, 2.75) is 17.8 Å². The molecule has 2 heterocycles. The van der Waals surface area contributed by atoms with E-state index in [9.17, 15) is 0 Å². The first kappa shape index (κ1) is 17.8. The second kappa shape index (κ2) is 7.94. The molecule has 0 atom stereocenters. The van der Waals surface area contributed by atoms with Gasteiger partial charge in [-0.25, -0.2) is 4.98 Å². The zero-order valence-corrected chi connectivity index (χ0v) is 16.7. The quantitative estimate of drug-likeness (QED) is 0.452. The molecular weight excluding hydrogens is 374 g/mol.